The molecule has 20 heavy (non-hydrogen) atoms. The molecule has 1 rings (SSSR count). The van der Waals surface area contributed by atoms with Gasteiger partial charge in [-0.1, -0.05) is 13.3 Å². The number of halogens is 2. The monoisotopic (exact) mass is 396 g/mol. The summed E-state index contributed by atoms with van der Waals surface area (Å²) in [5.74, 6) is -1.59. The first kappa shape index (κ1) is 16.6. The second-order valence-electron chi connectivity index (χ2n) is 4.27. The van der Waals surface area contributed by atoms with Crippen LogP contribution < -0.4 is 5.32 Å². The average molecular weight is 396 g/mol. The maximum atomic E-state index is 13.5. The second-order valence-corrected chi connectivity index (χ2v) is 5.43. The number of carboxylic acids is 1. The Morgan fingerprint density at radius 3 is 2.75 bits per heavy atom. The molecule has 1 aromatic rings. The van der Waals surface area contributed by atoms with Gasteiger partial charge in [-0.05, 0) is 29.0 Å². The maximum Gasteiger partial charge on any atom is 0.305 e. The van der Waals surface area contributed by atoms with Crippen LogP contribution in [0.4, 0.5) is 15.8 Å². The topological polar surface area (TPSA) is 92.5 Å². The van der Waals surface area contributed by atoms with E-state index in [4.69, 9.17) is 5.11 Å². The Hall–Kier alpha value is -1.45. The van der Waals surface area contributed by atoms with Crippen LogP contribution in [0.2, 0.25) is 0 Å². The van der Waals surface area contributed by atoms with Crippen molar-refractivity contribution in [3.8, 4) is 0 Å². The molecule has 0 heterocycles. The normalized spacial score (nSPS) is 11.9. The fraction of sp³-hybridized carbons (Fsp3) is 0.417. The molecule has 0 aliphatic carbocycles. The molecule has 0 amide bonds. The lowest BCUT2D eigenvalue weighted by Gasteiger charge is -2.17. The molecule has 0 fully saturated rings. The van der Waals surface area contributed by atoms with Gasteiger partial charge in [-0.15, -0.1) is 0 Å². The van der Waals surface area contributed by atoms with Crippen LogP contribution in [0.25, 0.3) is 0 Å². The van der Waals surface area contributed by atoms with Gasteiger partial charge in [0.05, 0.1) is 14.9 Å². The van der Waals surface area contributed by atoms with Crippen molar-refractivity contribution in [2.24, 2.45) is 0 Å². The number of nitro groups is 1. The van der Waals surface area contributed by atoms with Crippen LogP contribution in [0, 0.1) is 19.5 Å². The van der Waals surface area contributed by atoms with E-state index in [0.717, 1.165) is 12.1 Å². The third kappa shape index (κ3) is 4.58. The van der Waals surface area contributed by atoms with Crippen molar-refractivity contribution in [3.63, 3.8) is 0 Å². The van der Waals surface area contributed by atoms with Crippen molar-refractivity contribution in [1.29, 1.82) is 0 Å². The summed E-state index contributed by atoms with van der Waals surface area (Å²) in [4.78, 5) is 21.1. The highest BCUT2D eigenvalue weighted by atomic mass is 127. The van der Waals surface area contributed by atoms with Crippen LogP contribution in [0.15, 0.2) is 12.1 Å². The molecule has 0 radical (unpaired) electrons. The van der Waals surface area contributed by atoms with Gasteiger partial charge in [0.2, 0.25) is 0 Å². The molecule has 110 valence electrons. The van der Waals surface area contributed by atoms with Gasteiger partial charge in [0, 0.05) is 18.2 Å². The van der Waals surface area contributed by atoms with Crippen molar-refractivity contribution in [2.45, 2.75) is 32.2 Å². The molecule has 0 spiro atoms. The van der Waals surface area contributed by atoms with Gasteiger partial charge in [-0.2, -0.15) is 0 Å². The summed E-state index contributed by atoms with van der Waals surface area (Å²) in [6, 6.07) is 1.68. The SMILES string of the molecule is CCCC(CC(=O)O)Nc1cc(F)c(I)cc1[N+](=O)[O-]. The summed E-state index contributed by atoms with van der Waals surface area (Å²) < 4.78 is 13.7. The fourth-order valence-electron chi connectivity index (χ4n) is 1.81. The number of rotatable bonds is 7. The van der Waals surface area contributed by atoms with Gasteiger partial charge in [-0.25, -0.2) is 4.39 Å². The van der Waals surface area contributed by atoms with E-state index in [-0.39, 0.29) is 21.4 Å². The number of carboxylic acid groups (broad SMARTS) is 1. The summed E-state index contributed by atoms with van der Waals surface area (Å²) in [5, 5.41) is 22.6. The Morgan fingerprint density at radius 2 is 2.25 bits per heavy atom. The summed E-state index contributed by atoms with van der Waals surface area (Å²) in [5.41, 5.74) is -0.255. The van der Waals surface area contributed by atoms with E-state index in [9.17, 15) is 19.3 Å². The van der Waals surface area contributed by atoms with E-state index in [1.807, 2.05) is 6.92 Å². The largest absolute Gasteiger partial charge is 0.481 e. The lowest BCUT2D eigenvalue weighted by molar-refractivity contribution is -0.384. The van der Waals surface area contributed by atoms with Crippen molar-refractivity contribution in [1.82, 2.24) is 0 Å². The highest BCUT2D eigenvalue weighted by Gasteiger charge is 2.21. The average Bonchev–Trinajstić information content (AvgIpc) is 2.32. The molecule has 0 bridgehead atoms. The highest BCUT2D eigenvalue weighted by Crippen LogP contribution is 2.30. The van der Waals surface area contributed by atoms with Gasteiger partial charge < -0.3 is 10.4 Å². The van der Waals surface area contributed by atoms with Crippen LogP contribution in [-0.4, -0.2) is 22.0 Å². The zero-order chi connectivity index (χ0) is 15.3. The van der Waals surface area contributed by atoms with Crippen molar-refractivity contribution in [2.75, 3.05) is 5.32 Å². The first-order valence-electron chi connectivity index (χ1n) is 5.96. The van der Waals surface area contributed by atoms with Gasteiger partial charge >= 0.3 is 5.97 Å². The number of hydrogen-bond acceptors (Lipinski definition) is 4. The first-order chi connectivity index (χ1) is 9.35. The quantitative estimate of drug-likeness (QED) is 0.419. The molecule has 2 N–H and O–H groups in total. The van der Waals surface area contributed by atoms with E-state index in [0.29, 0.717) is 12.8 Å². The van der Waals surface area contributed by atoms with Crippen molar-refractivity contribution < 1.29 is 19.2 Å². The predicted octanol–water partition coefficient (Wildman–Crippen LogP) is 3.39. The Morgan fingerprint density at radius 1 is 1.60 bits per heavy atom. The zero-order valence-electron chi connectivity index (χ0n) is 10.7. The van der Waals surface area contributed by atoms with Gasteiger partial charge in [-0.3, -0.25) is 14.9 Å². The van der Waals surface area contributed by atoms with Gasteiger partial charge in [0.25, 0.3) is 5.69 Å². The highest BCUT2D eigenvalue weighted by molar-refractivity contribution is 14.1. The summed E-state index contributed by atoms with van der Waals surface area (Å²) in [6.07, 6.45) is 1.06. The minimum atomic E-state index is -1.01. The number of anilines is 1. The standard InChI is InChI=1S/C12H14FIN2O4/c1-2-3-7(4-12(17)18)15-10-5-8(13)9(14)6-11(10)16(19)20/h5-7,15H,2-4H2,1H3,(H,17,18). The molecule has 0 saturated heterocycles. The molecule has 0 aromatic heterocycles. The Kier molecular flexibility index (Phi) is 6.11. The molecular formula is C12H14FIN2O4. The molecule has 0 saturated carbocycles. The van der Waals surface area contributed by atoms with Crippen LogP contribution in [0.1, 0.15) is 26.2 Å². The van der Waals surface area contributed by atoms with Gasteiger partial charge in [0.1, 0.15) is 11.5 Å². The first-order valence-corrected chi connectivity index (χ1v) is 7.04. The molecule has 1 unspecified atom stereocenters. The number of nitro benzene ring substituents is 1. The number of benzene rings is 1. The Labute approximate surface area is 128 Å². The summed E-state index contributed by atoms with van der Waals surface area (Å²) in [6.45, 7) is 1.87. The molecule has 1 aromatic carbocycles. The lowest BCUT2D eigenvalue weighted by atomic mass is 10.1. The van der Waals surface area contributed by atoms with E-state index in [1.165, 1.54) is 0 Å². The van der Waals surface area contributed by atoms with Gasteiger partial charge in [0.15, 0.2) is 0 Å². The van der Waals surface area contributed by atoms with Crippen LogP contribution in [0.5, 0.6) is 0 Å². The predicted molar refractivity (Wildman–Crippen MR) is 80.3 cm³/mol. The van der Waals surface area contributed by atoms with Crippen molar-refractivity contribution >= 4 is 39.9 Å². The van der Waals surface area contributed by atoms with E-state index in [2.05, 4.69) is 5.32 Å². The van der Waals surface area contributed by atoms with Crippen LogP contribution >= 0.6 is 22.6 Å². The van der Waals surface area contributed by atoms with Crippen LogP contribution in [0.3, 0.4) is 0 Å². The minimum Gasteiger partial charge on any atom is -0.481 e. The number of carbonyl (C=O) groups is 1. The third-order valence-corrected chi connectivity index (χ3v) is 3.48. The molecule has 0 aliphatic rings. The molecule has 0 aliphatic heterocycles. The third-order valence-electron chi connectivity index (χ3n) is 2.65. The number of aliphatic carboxylic acids is 1. The Balaban J connectivity index is 3.07. The second kappa shape index (κ2) is 7.36. The maximum absolute atomic E-state index is 13.5. The Bertz CT molecular complexity index is 524. The van der Waals surface area contributed by atoms with E-state index >= 15 is 0 Å². The number of hydrogen-bond donors (Lipinski definition) is 2. The minimum absolute atomic E-state index is 0.00705. The van der Waals surface area contributed by atoms with Crippen LogP contribution in [-0.2, 0) is 4.79 Å². The van der Waals surface area contributed by atoms with E-state index in [1.54, 1.807) is 22.6 Å². The molecule has 6 nitrogen and oxygen atoms in total. The molecule has 1 atom stereocenters. The van der Waals surface area contributed by atoms with E-state index < -0.39 is 22.8 Å². The van der Waals surface area contributed by atoms with Crippen molar-refractivity contribution in [3.05, 3.63) is 31.6 Å². The zero-order valence-corrected chi connectivity index (χ0v) is 12.9. The molecule has 8 heteroatoms. The molecular weight excluding hydrogens is 382 g/mol. The number of nitrogens with zero attached hydrogens (tertiary/aromatic N) is 1. The summed E-state index contributed by atoms with van der Waals surface area (Å²) >= 11 is 1.67. The smallest absolute Gasteiger partial charge is 0.305 e. The fourth-order valence-corrected chi connectivity index (χ4v) is 2.26. The number of nitrogens with one attached hydrogen (secondary N) is 1. The summed E-state index contributed by atoms with van der Waals surface area (Å²) in [7, 11) is 0. The lowest BCUT2D eigenvalue weighted by Crippen LogP contribution is -2.23.